The molecule has 7 nitrogen and oxygen atoms in total. The number of sulfonamides is 1. The number of amides is 2. The van der Waals surface area contributed by atoms with Crippen molar-refractivity contribution >= 4 is 39.1 Å². The number of benzene rings is 2. The molecule has 0 spiro atoms. The molecule has 9 heteroatoms. The number of anilines is 1. The number of likely N-dealkylation sites (N-methyl/N-ethyl adjacent to an activating group) is 1. The highest BCUT2D eigenvalue weighted by atomic mass is 35.5. The van der Waals surface area contributed by atoms with E-state index < -0.39 is 16.1 Å². The third kappa shape index (κ3) is 6.97. The standard InChI is InChI=1S/C23H30ClN3O4S/c1-17-9-7-11-20(15-17)27(32(4,30)31)14-8-13-22(28)26(18(2)23(29)25-3)16-19-10-5-6-12-21(19)24/h5-7,9-12,15,18H,8,13-14,16H2,1-4H3,(H,25,29)/t18-/m1/s1. The van der Waals surface area contributed by atoms with Gasteiger partial charge in [-0.15, -0.1) is 0 Å². The first kappa shape index (κ1) is 25.7. The lowest BCUT2D eigenvalue weighted by atomic mass is 10.1. The second-order valence-corrected chi connectivity index (χ2v) is 9.99. The van der Waals surface area contributed by atoms with Crippen LogP contribution in [0.1, 0.15) is 30.9 Å². The zero-order chi connectivity index (χ0) is 23.9. The quantitative estimate of drug-likeness (QED) is 0.566. The molecule has 0 aliphatic carbocycles. The number of carbonyl (C=O) groups is 2. The minimum Gasteiger partial charge on any atom is -0.357 e. The van der Waals surface area contributed by atoms with E-state index in [4.69, 9.17) is 11.6 Å². The molecule has 0 bridgehead atoms. The maximum absolute atomic E-state index is 13.1. The highest BCUT2D eigenvalue weighted by molar-refractivity contribution is 7.92. The molecule has 0 radical (unpaired) electrons. The third-order valence-corrected chi connectivity index (χ3v) is 6.72. The molecule has 0 saturated carbocycles. The Morgan fingerprint density at radius 1 is 1.12 bits per heavy atom. The normalized spacial score (nSPS) is 12.2. The monoisotopic (exact) mass is 479 g/mol. The molecular formula is C23H30ClN3O4S. The highest BCUT2D eigenvalue weighted by Crippen LogP contribution is 2.21. The molecule has 0 saturated heterocycles. The fourth-order valence-electron chi connectivity index (χ4n) is 3.39. The topological polar surface area (TPSA) is 86.8 Å². The molecule has 2 aromatic carbocycles. The van der Waals surface area contributed by atoms with Gasteiger partial charge in [0.15, 0.2) is 0 Å². The fraction of sp³-hybridized carbons (Fsp3) is 0.391. The Kier molecular flexibility index (Phi) is 9.09. The van der Waals surface area contributed by atoms with Crippen LogP contribution < -0.4 is 9.62 Å². The van der Waals surface area contributed by atoms with E-state index in [1.54, 1.807) is 37.3 Å². The van der Waals surface area contributed by atoms with Crippen LogP contribution in [0.2, 0.25) is 5.02 Å². The predicted molar refractivity (Wildman–Crippen MR) is 128 cm³/mol. The molecule has 2 rings (SSSR count). The summed E-state index contributed by atoms with van der Waals surface area (Å²) < 4.78 is 26.0. The van der Waals surface area contributed by atoms with Crippen molar-refractivity contribution in [3.63, 3.8) is 0 Å². The lowest BCUT2D eigenvalue weighted by molar-refractivity contribution is -0.140. The number of hydrogen-bond donors (Lipinski definition) is 1. The van der Waals surface area contributed by atoms with Gasteiger partial charge in [-0.2, -0.15) is 0 Å². The smallest absolute Gasteiger partial charge is 0.242 e. The number of halogens is 1. The Hall–Kier alpha value is -2.58. The Morgan fingerprint density at radius 3 is 2.41 bits per heavy atom. The molecule has 0 aromatic heterocycles. The first-order valence-corrected chi connectivity index (χ1v) is 12.6. The van der Waals surface area contributed by atoms with E-state index in [2.05, 4.69) is 5.32 Å². The molecule has 0 aliphatic heterocycles. The second kappa shape index (κ2) is 11.3. The number of rotatable bonds is 10. The molecule has 1 N–H and O–H groups in total. The zero-order valence-corrected chi connectivity index (χ0v) is 20.4. The third-order valence-electron chi connectivity index (χ3n) is 5.15. The SMILES string of the molecule is CNC(=O)[C@@H](C)N(Cc1ccccc1Cl)C(=O)CCCN(c1cccc(C)c1)S(C)(=O)=O. The van der Waals surface area contributed by atoms with Crippen LogP contribution in [0.4, 0.5) is 5.69 Å². The van der Waals surface area contributed by atoms with Crippen molar-refractivity contribution in [3.8, 4) is 0 Å². The van der Waals surface area contributed by atoms with Crippen LogP contribution in [0.25, 0.3) is 0 Å². The molecule has 2 aromatic rings. The summed E-state index contributed by atoms with van der Waals surface area (Å²) in [5.74, 6) is -0.540. The van der Waals surface area contributed by atoms with Gasteiger partial charge in [-0.05, 0) is 49.6 Å². The largest absolute Gasteiger partial charge is 0.357 e. The minimum atomic E-state index is -3.51. The molecule has 0 aliphatic rings. The first-order valence-electron chi connectivity index (χ1n) is 10.3. The average Bonchev–Trinajstić information content (AvgIpc) is 2.74. The van der Waals surface area contributed by atoms with Crippen molar-refractivity contribution in [1.82, 2.24) is 10.2 Å². The van der Waals surface area contributed by atoms with Crippen molar-refractivity contribution in [2.45, 2.75) is 39.3 Å². The van der Waals surface area contributed by atoms with Gasteiger partial charge in [0.05, 0.1) is 11.9 Å². The summed E-state index contributed by atoms with van der Waals surface area (Å²) in [6.07, 6.45) is 1.54. The van der Waals surface area contributed by atoms with Gasteiger partial charge in [-0.3, -0.25) is 13.9 Å². The molecule has 2 amide bonds. The van der Waals surface area contributed by atoms with Crippen LogP contribution in [-0.2, 0) is 26.2 Å². The predicted octanol–water partition coefficient (Wildman–Crippen LogP) is 3.36. The number of hydrogen-bond acceptors (Lipinski definition) is 4. The van der Waals surface area contributed by atoms with Crippen molar-refractivity contribution in [2.75, 3.05) is 24.2 Å². The van der Waals surface area contributed by atoms with Gasteiger partial charge in [0.1, 0.15) is 6.04 Å². The van der Waals surface area contributed by atoms with Crippen molar-refractivity contribution in [1.29, 1.82) is 0 Å². The van der Waals surface area contributed by atoms with Crippen LogP contribution in [-0.4, -0.2) is 51.0 Å². The van der Waals surface area contributed by atoms with Crippen molar-refractivity contribution in [3.05, 3.63) is 64.7 Å². The van der Waals surface area contributed by atoms with Gasteiger partial charge >= 0.3 is 0 Å². The van der Waals surface area contributed by atoms with Gasteiger partial charge in [0.2, 0.25) is 21.8 Å². The molecular weight excluding hydrogens is 450 g/mol. The van der Waals surface area contributed by atoms with Crippen LogP contribution in [0.3, 0.4) is 0 Å². The van der Waals surface area contributed by atoms with Crippen molar-refractivity contribution in [2.24, 2.45) is 0 Å². The van der Waals surface area contributed by atoms with Crippen LogP contribution in [0.15, 0.2) is 48.5 Å². The van der Waals surface area contributed by atoms with Crippen LogP contribution in [0, 0.1) is 6.92 Å². The zero-order valence-electron chi connectivity index (χ0n) is 18.8. The maximum Gasteiger partial charge on any atom is 0.242 e. The summed E-state index contributed by atoms with van der Waals surface area (Å²) in [5, 5.41) is 3.08. The molecule has 1 atom stereocenters. The molecule has 0 heterocycles. The van der Waals surface area contributed by atoms with Crippen molar-refractivity contribution < 1.29 is 18.0 Å². The number of carbonyl (C=O) groups excluding carboxylic acids is 2. The Morgan fingerprint density at radius 2 is 1.81 bits per heavy atom. The van der Waals surface area contributed by atoms with E-state index >= 15 is 0 Å². The summed E-state index contributed by atoms with van der Waals surface area (Å²) in [6.45, 7) is 3.88. The van der Waals surface area contributed by atoms with E-state index in [9.17, 15) is 18.0 Å². The van der Waals surface area contributed by atoms with Gasteiger partial charge in [0.25, 0.3) is 0 Å². The number of nitrogens with zero attached hydrogens (tertiary/aromatic N) is 2. The second-order valence-electron chi connectivity index (χ2n) is 7.68. The number of nitrogens with one attached hydrogen (secondary N) is 1. The van der Waals surface area contributed by atoms with E-state index in [0.29, 0.717) is 17.1 Å². The molecule has 0 fully saturated rings. The van der Waals surface area contributed by atoms with Gasteiger partial charge in [-0.25, -0.2) is 8.42 Å². The van der Waals surface area contributed by atoms with E-state index in [-0.39, 0.29) is 31.3 Å². The average molecular weight is 480 g/mol. The Labute approximate surface area is 195 Å². The summed E-state index contributed by atoms with van der Waals surface area (Å²) in [5.41, 5.74) is 2.24. The lowest BCUT2D eigenvalue weighted by Gasteiger charge is -2.29. The van der Waals surface area contributed by atoms with Gasteiger partial charge in [0, 0.05) is 31.6 Å². The van der Waals surface area contributed by atoms with Crippen LogP contribution >= 0.6 is 11.6 Å². The Bertz CT molecular complexity index is 1060. The fourth-order valence-corrected chi connectivity index (χ4v) is 4.54. The highest BCUT2D eigenvalue weighted by Gasteiger charge is 2.26. The summed E-state index contributed by atoms with van der Waals surface area (Å²) in [4.78, 5) is 26.8. The minimum absolute atomic E-state index is 0.0869. The molecule has 0 unspecified atom stereocenters. The van der Waals surface area contributed by atoms with E-state index in [1.165, 1.54) is 16.3 Å². The summed E-state index contributed by atoms with van der Waals surface area (Å²) >= 11 is 6.26. The van der Waals surface area contributed by atoms with Gasteiger partial charge in [-0.1, -0.05) is 41.9 Å². The molecule has 174 valence electrons. The van der Waals surface area contributed by atoms with E-state index in [1.807, 2.05) is 25.1 Å². The Balaban J connectivity index is 2.15. The lowest BCUT2D eigenvalue weighted by Crippen LogP contribution is -2.46. The first-order chi connectivity index (χ1) is 15.0. The van der Waals surface area contributed by atoms with Gasteiger partial charge < -0.3 is 10.2 Å². The summed E-state index contributed by atoms with van der Waals surface area (Å²) in [6, 6.07) is 13.7. The molecule has 32 heavy (non-hydrogen) atoms. The van der Waals surface area contributed by atoms with Crippen LogP contribution in [0.5, 0.6) is 0 Å². The number of aryl methyl sites for hydroxylation is 1. The maximum atomic E-state index is 13.1. The summed E-state index contributed by atoms with van der Waals surface area (Å²) in [7, 11) is -2.00. The van der Waals surface area contributed by atoms with E-state index in [0.717, 1.165) is 17.4 Å².